The van der Waals surface area contributed by atoms with Gasteiger partial charge in [0.1, 0.15) is 0 Å². The van der Waals surface area contributed by atoms with Crippen molar-refractivity contribution in [3.63, 3.8) is 0 Å². The quantitative estimate of drug-likeness (QED) is 0.570. The van der Waals surface area contributed by atoms with Crippen molar-refractivity contribution in [2.75, 3.05) is 13.7 Å². The van der Waals surface area contributed by atoms with Crippen molar-refractivity contribution in [3.05, 3.63) is 0 Å². The Morgan fingerprint density at radius 3 is 2.38 bits per heavy atom. The number of ether oxygens (including phenoxy) is 1. The van der Waals surface area contributed by atoms with Crippen LogP contribution in [0.15, 0.2) is 0 Å². The lowest BCUT2D eigenvalue weighted by Gasteiger charge is -2.35. The maximum absolute atomic E-state index is 9.28. The van der Waals surface area contributed by atoms with E-state index in [4.69, 9.17) is 4.74 Å². The molecule has 0 unspecified atom stereocenters. The average molecular weight is 116 g/mol. The first-order valence-electron chi connectivity index (χ1n) is 2.98. The molecule has 0 radical (unpaired) electrons. The van der Waals surface area contributed by atoms with Gasteiger partial charge < -0.3 is 9.84 Å². The Labute approximate surface area is 49.5 Å². The van der Waals surface area contributed by atoms with E-state index in [1.54, 1.807) is 7.11 Å². The molecular formula is C6H12O2. The van der Waals surface area contributed by atoms with E-state index in [1.165, 1.54) is 0 Å². The number of methoxy groups -OCH3 is 1. The van der Waals surface area contributed by atoms with E-state index in [0.29, 0.717) is 6.61 Å². The van der Waals surface area contributed by atoms with Crippen LogP contribution in [0.3, 0.4) is 0 Å². The second-order valence-electron chi connectivity index (χ2n) is 2.51. The third-order valence-corrected chi connectivity index (χ3v) is 1.70. The van der Waals surface area contributed by atoms with E-state index >= 15 is 0 Å². The minimum Gasteiger partial charge on any atom is -0.387 e. The van der Waals surface area contributed by atoms with E-state index in [2.05, 4.69) is 0 Å². The molecule has 0 amide bonds. The molecule has 1 N–H and O–H groups in total. The standard InChI is InChI=1S/C6H12O2/c1-8-5-6(7)3-2-4-6/h7H,2-5H2,1H3. The average Bonchev–Trinajstić information content (AvgIpc) is 1.64. The van der Waals surface area contributed by atoms with Crippen molar-refractivity contribution in [2.24, 2.45) is 0 Å². The van der Waals surface area contributed by atoms with Gasteiger partial charge in [0.25, 0.3) is 0 Å². The molecule has 0 aromatic carbocycles. The summed E-state index contributed by atoms with van der Waals surface area (Å²) in [5, 5.41) is 9.28. The Bertz CT molecular complexity index is 76.6. The number of rotatable bonds is 2. The predicted molar refractivity (Wildman–Crippen MR) is 30.7 cm³/mol. The minimum absolute atomic E-state index is 0.450. The van der Waals surface area contributed by atoms with Crippen molar-refractivity contribution < 1.29 is 9.84 Å². The molecule has 8 heavy (non-hydrogen) atoms. The van der Waals surface area contributed by atoms with Gasteiger partial charge in [-0.3, -0.25) is 0 Å². The maximum Gasteiger partial charge on any atom is 0.0880 e. The summed E-state index contributed by atoms with van der Waals surface area (Å²) in [6.45, 7) is 0.507. The highest BCUT2D eigenvalue weighted by molar-refractivity contribution is 4.86. The van der Waals surface area contributed by atoms with Crippen LogP contribution in [-0.4, -0.2) is 24.4 Å². The Morgan fingerprint density at radius 2 is 2.25 bits per heavy atom. The first-order chi connectivity index (χ1) is 3.77. The molecule has 0 saturated heterocycles. The van der Waals surface area contributed by atoms with Crippen LogP contribution < -0.4 is 0 Å². The highest BCUT2D eigenvalue weighted by Gasteiger charge is 2.33. The fourth-order valence-corrected chi connectivity index (χ4v) is 0.998. The first-order valence-corrected chi connectivity index (χ1v) is 2.98. The van der Waals surface area contributed by atoms with Crippen LogP contribution in [0.2, 0.25) is 0 Å². The molecule has 0 spiro atoms. The molecule has 0 aromatic rings. The van der Waals surface area contributed by atoms with Crippen LogP contribution in [-0.2, 0) is 4.74 Å². The highest BCUT2D eigenvalue weighted by Crippen LogP contribution is 2.31. The third-order valence-electron chi connectivity index (χ3n) is 1.70. The summed E-state index contributed by atoms with van der Waals surface area (Å²) in [5.74, 6) is 0. The molecule has 0 atom stereocenters. The lowest BCUT2D eigenvalue weighted by atomic mass is 9.81. The van der Waals surface area contributed by atoms with Crippen molar-refractivity contribution in [1.82, 2.24) is 0 Å². The van der Waals surface area contributed by atoms with Gasteiger partial charge in [-0.15, -0.1) is 0 Å². The summed E-state index contributed by atoms with van der Waals surface area (Å²) in [5.41, 5.74) is -0.450. The molecule has 0 aliphatic heterocycles. The fourth-order valence-electron chi connectivity index (χ4n) is 0.998. The third kappa shape index (κ3) is 1.01. The fraction of sp³-hybridized carbons (Fsp3) is 1.00. The molecule has 0 bridgehead atoms. The minimum atomic E-state index is -0.450. The van der Waals surface area contributed by atoms with E-state index in [9.17, 15) is 5.11 Å². The summed E-state index contributed by atoms with van der Waals surface area (Å²) in [6, 6.07) is 0. The largest absolute Gasteiger partial charge is 0.387 e. The molecule has 2 nitrogen and oxygen atoms in total. The topological polar surface area (TPSA) is 29.5 Å². The molecule has 0 aromatic heterocycles. The van der Waals surface area contributed by atoms with E-state index in [1.807, 2.05) is 0 Å². The molecule has 1 saturated carbocycles. The van der Waals surface area contributed by atoms with Gasteiger partial charge in [-0.2, -0.15) is 0 Å². The van der Waals surface area contributed by atoms with Crippen molar-refractivity contribution in [1.29, 1.82) is 0 Å². The van der Waals surface area contributed by atoms with Crippen molar-refractivity contribution in [2.45, 2.75) is 24.9 Å². The predicted octanol–water partition coefficient (Wildman–Crippen LogP) is 0.548. The number of aliphatic hydroxyl groups is 1. The lowest BCUT2D eigenvalue weighted by Crippen LogP contribution is -2.41. The van der Waals surface area contributed by atoms with Crippen LogP contribution in [0.25, 0.3) is 0 Å². The normalized spacial score (nSPS) is 24.8. The summed E-state index contributed by atoms with van der Waals surface area (Å²) >= 11 is 0. The summed E-state index contributed by atoms with van der Waals surface area (Å²) in [4.78, 5) is 0. The Hall–Kier alpha value is -0.0800. The summed E-state index contributed by atoms with van der Waals surface area (Å²) in [7, 11) is 1.62. The maximum atomic E-state index is 9.28. The zero-order valence-corrected chi connectivity index (χ0v) is 5.18. The van der Waals surface area contributed by atoms with Gasteiger partial charge in [0.15, 0.2) is 0 Å². The van der Waals surface area contributed by atoms with Crippen LogP contribution in [0.5, 0.6) is 0 Å². The molecule has 1 aliphatic rings. The molecule has 2 heteroatoms. The highest BCUT2D eigenvalue weighted by atomic mass is 16.5. The van der Waals surface area contributed by atoms with Crippen LogP contribution >= 0.6 is 0 Å². The molecule has 1 rings (SSSR count). The second kappa shape index (κ2) is 2.03. The van der Waals surface area contributed by atoms with Crippen LogP contribution in [0.4, 0.5) is 0 Å². The van der Waals surface area contributed by atoms with Gasteiger partial charge in [-0.25, -0.2) is 0 Å². The second-order valence-corrected chi connectivity index (χ2v) is 2.51. The van der Waals surface area contributed by atoms with Gasteiger partial charge in [0.05, 0.1) is 12.2 Å². The molecule has 0 heterocycles. The van der Waals surface area contributed by atoms with Gasteiger partial charge in [0, 0.05) is 7.11 Å². The van der Waals surface area contributed by atoms with Crippen molar-refractivity contribution >= 4 is 0 Å². The van der Waals surface area contributed by atoms with E-state index in [-0.39, 0.29) is 0 Å². The van der Waals surface area contributed by atoms with Gasteiger partial charge >= 0.3 is 0 Å². The Kier molecular flexibility index (Phi) is 1.54. The van der Waals surface area contributed by atoms with Crippen molar-refractivity contribution in [3.8, 4) is 0 Å². The van der Waals surface area contributed by atoms with Gasteiger partial charge in [0.2, 0.25) is 0 Å². The zero-order chi connectivity index (χ0) is 6.04. The summed E-state index contributed by atoms with van der Waals surface area (Å²) < 4.78 is 4.80. The van der Waals surface area contributed by atoms with Gasteiger partial charge in [-0.1, -0.05) is 0 Å². The van der Waals surface area contributed by atoms with Crippen LogP contribution in [0, 0.1) is 0 Å². The van der Waals surface area contributed by atoms with Gasteiger partial charge in [-0.05, 0) is 19.3 Å². The van der Waals surface area contributed by atoms with Crippen LogP contribution in [0.1, 0.15) is 19.3 Å². The Balaban J connectivity index is 2.20. The number of hydrogen-bond acceptors (Lipinski definition) is 2. The molecule has 1 aliphatic carbocycles. The lowest BCUT2D eigenvalue weighted by molar-refractivity contribution is -0.0852. The summed E-state index contributed by atoms with van der Waals surface area (Å²) in [6.07, 6.45) is 2.99. The monoisotopic (exact) mass is 116 g/mol. The van der Waals surface area contributed by atoms with E-state index in [0.717, 1.165) is 19.3 Å². The molecular weight excluding hydrogens is 104 g/mol. The zero-order valence-electron chi connectivity index (χ0n) is 5.18. The smallest absolute Gasteiger partial charge is 0.0880 e. The Morgan fingerprint density at radius 1 is 1.62 bits per heavy atom. The van der Waals surface area contributed by atoms with E-state index < -0.39 is 5.60 Å². The molecule has 48 valence electrons. The SMILES string of the molecule is COCC1(O)CCC1. The molecule has 1 fully saturated rings. The number of hydrogen-bond donors (Lipinski definition) is 1. The first kappa shape index (κ1) is 6.05.